The van der Waals surface area contributed by atoms with E-state index in [1.54, 1.807) is 24.8 Å². The Bertz CT molecular complexity index is 1410. The minimum absolute atomic E-state index is 0.0307. The summed E-state index contributed by atoms with van der Waals surface area (Å²) in [6.45, 7) is 4.21. The molecule has 3 heterocycles. The van der Waals surface area contributed by atoms with Gasteiger partial charge in [-0.05, 0) is 69.1 Å². The number of fused-ring (bicyclic) bond motifs is 1. The number of aliphatic carboxylic acids is 1. The number of ether oxygens (including phenoxy) is 1. The Morgan fingerprint density at radius 1 is 1.13 bits per heavy atom. The fraction of sp³-hybridized carbons (Fsp3) is 0.448. The zero-order valence-corrected chi connectivity index (χ0v) is 22.9. The number of imidazole rings is 1. The molecule has 39 heavy (non-hydrogen) atoms. The van der Waals surface area contributed by atoms with Crippen LogP contribution in [-0.4, -0.2) is 67.7 Å². The van der Waals surface area contributed by atoms with E-state index in [1.165, 1.54) is 0 Å². The molecule has 1 saturated carbocycles. The van der Waals surface area contributed by atoms with E-state index in [0.717, 1.165) is 48.8 Å². The molecule has 3 aromatic rings. The van der Waals surface area contributed by atoms with Crippen LogP contribution in [0.15, 0.2) is 36.4 Å². The number of rotatable bonds is 7. The average Bonchev–Trinajstić information content (AvgIpc) is 3.33. The molecular weight excluding hydrogens is 520 g/mol. The number of aliphatic hydroxyl groups excluding tert-OH is 1. The van der Waals surface area contributed by atoms with Crippen LogP contribution in [0.4, 0.5) is 0 Å². The van der Waals surface area contributed by atoms with Gasteiger partial charge in [-0.1, -0.05) is 41.9 Å². The Morgan fingerprint density at radius 3 is 2.44 bits per heavy atom. The fourth-order valence-corrected chi connectivity index (χ4v) is 5.75. The largest absolute Gasteiger partial charge is 0.481 e. The van der Waals surface area contributed by atoms with Gasteiger partial charge in [0.25, 0.3) is 6.01 Å². The molecule has 206 valence electrons. The lowest BCUT2D eigenvalue weighted by Crippen LogP contribution is -2.37. The Kier molecular flexibility index (Phi) is 7.64. The van der Waals surface area contributed by atoms with Gasteiger partial charge in [-0.2, -0.15) is 4.98 Å². The SMILES string of the molecule is CC(C)(C(=O)O)[C@H]1CC[C@H](Oc2nc3nc(-c4ccc(C5=CCN(C(=O)CO)CC5)cc4)c(Cl)cc3[nH]2)CC1. The maximum atomic E-state index is 11.7. The van der Waals surface area contributed by atoms with Crippen LogP contribution < -0.4 is 4.74 Å². The first-order valence-corrected chi connectivity index (χ1v) is 13.7. The molecule has 1 aromatic carbocycles. The zero-order valence-electron chi connectivity index (χ0n) is 22.1. The molecule has 5 rings (SSSR count). The van der Waals surface area contributed by atoms with Crippen LogP contribution in [0, 0.1) is 11.3 Å². The lowest BCUT2D eigenvalue weighted by molar-refractivity contribution is -0.151. The second-order valence-electron chi connectivity index (χ2n) is 10.9. The number of H-pyrrole nitrogens is 1. The minimum atomic E-state index is -0.758. The average molecular weight is 553 g/mol. The summed E-state index contributed by atoms with van der Waals surface area (Å²) >= 11 is 6.60. The van der Waals surface area contributed by atoms with Crippen molar-refractivity contribution in [2.75, 3.05) is 19.7 Å². The number of aromatic nitrogens is 3. The summed E-state index contributed by atoms with van der Waals surface area (Å²) in [6.07, 6.45) is 5.86. The second kappa shape index (κ2) is 11.0. The van der Waals surface area contributed by atoms with Gasteiger partial charge in [0.2, 0.25) is 5.91 Å². The number of halogens is 1. The molecule has 0 spiro atoms. The third-order valence-corrected chi connectivity index (χ3v) is 8.44. The smallest absolute Gasteiger partial charge is 0.309 e. The minimum Gasteiger partial charge on any atom is -0.481 e. The van der Waals surface area contributed by atoms with E-state index < -0.39 is 18.0 Å². The molecule has 0 radical (unpaired) electrons. The van der Waals surface area contributed by atoms with Crippen LogP contribution in [0.5, 0.6) is 6.01 Å². The highest BCUT2D eigenvalue weighted by molar-refractivity contribution is 6.33. The molecule has 1 fully saturated rings. The Balaban J connectivity index is 1.26. The summed E-state index contributed by atoms with van der Waals surface area (Å²) in [5.74, 6) is -0.887. The predicted molar refractivity (Wildman–Crippen MR) is 148 cm³/mol. The van der Waals surface area contributed by atoms with Crippen LogP contribution in [-0.2, 0) is 9.59 Å². The maximum Gasteiger partial charge on any atom is 0.309 e. The summed E-state index contributed by atoms with van der Waals surface area (Å²) in [4.78, 5) is 37.3. The van der Waals surface area contributed by atoms with E-state index in [-0.39, 0.29) is 17.9 Å². The van der Waals surface area contributed by atoms with Gasteiger partial charge in [0.1, 0.15) is 12.7 Å². The summed E-state index contributed by atoms with van der Waals surface area (Å²) in [5, 5.41) is 19.1. The van der Waals surface area contributed by atoms with Gasteiger partial charge < -0.3 is 24.8 Å². The van der Waals surface area contributed by atoms with E-state index in [9.17, 15) is 14.7 Å². The number of nitrogens with zero attached hydrogens (tertiary/aromatic N) is 3. The van der Waals surface area contributed by atoms with Crippen molar-refractivity contribution in [1.82, 2.24) is 19.9 Å². The lowest BCUT2D eigenvalue weighted by atomic mass is 9.70. The summed E-state index contributed by atoms with van der Waals surface area (Å²) in [7, 11) is 0. The Hall–Kier alpha value is -3.43. The molecular formula is C29H33ClN4O5. The first-order valence-electron chi connectivity index (χ1n) is 13.3. The third kappa shape index (κ3) is 5.65. The molecule has 0 bridgehead atoms. The number of carbonyl (C=O) groups excluding carboxylic acids is 1. The Labute approximate surface area is 231 Å². The van der Waals surface area contributed by atoms with E-state index in [4.69, 9.17) is 26.4 Å². The molecule has 1 aliphatic heterocycles. The first-order chi connectivity index (χ1) is 18.7. The molecule has 1 aliphatic carbocycles. The number of carboxylic acid groups (broad SMARTS) is 1. The van der Waals surface area contributed by atoms with E-state index >= 15 is 0 Å². The van der Waals surface area contributed by atoms with Crippen molar-refractivity contribution in [1.29, 1.82) is 0 Å². The van der Waals surface area contributed by atoms with Crippen molar-refractivity contribution in [3.63, 3.8) is 0 Å². The highest BCUT2D eigenvalue weighted by atomic mass is 35.5. The number of benzene rings is 1. The van der Waals surface area contributed by atoms with Crippen LogP contribution in [0.1, 0.15) is 51.5 Å². The Morgan fingerprint density at radius 2 is 1.82 bits per heavy atom. The van der Waals surface area contributed by atoms with Gasteiger partial charge in [-0.25, -0.2) is 4.98 Å². The lowest BCUT2D eigenvalue weighted by Gasteiger charge is -2.36. The van der Waals surface area contributed by atoms with Crippen LogP contribution in [0.3, 0.4) is 0 Å². The van der Waals surface area contributed by atoms with Gasteiger partial charge >= 0.3 is 5.97 Å². The molecule has 0 unspecified atom stereocenters. The van der Waals surface area contributed by atoms with Crippen molar-refractivity contribution in [3.8, 4) is 17.3 Å². The molecule has 2 aliphatic rings. The van der Waals surface area contributed by atoms with Crippen LogP contribution in [0.25, 0.3) is 28.0 Å². The normalized spacial score (nSPS) is 20.1. The number of amides is 1. The summed E-state index contributed by atoms with van der Waals surface area (Å²) in [5.41, 5.74) is 4.18. The highest BCUT2D eigenvalue weighted by Crippen LogP contribution is 2.39. The fourth-order valence-electron chi connectivity index (χ4n) is 5.49. The van der Waals surface area contributed by atoms with Crippen LogP contribution in [0.2, 0.25) is 5.02 Å². The van der Waals surface area contributed by atoms with Gasteiger partial charge in [0.15, 0.2) is 5.65 Å². The predicted octanol–water partition coefficient (Wildman–Crippen LogP) is 4.93. The third-order valence-electron chi connectivity index (χ3n) is 8.16. The maximum absolute atomic E-state index is 11.7. The van der Waals surface area contributed by atoms with E-state index in [1.807, 2.05) is 30.3 Å². The zero-order chi connectivity index (χ0) is 27.7. The van der Waals surface area contributed by atoms with E-state index in [2.05, 4.69) is 9.97 Å². The molecule has 9 nitrogen and oxygen atoms in total. The first kappa shape index (κ1) is 27.1. The van der Waals surface area contributed by atoms with Crippen molar-refractivity contribution in [2.24, 2.45) is 11.3 Å². The molecule has 10 heteroatoms. The number of hydrogen-bond acceptors (Lipinski definition) is 6. The van der Waals surface area contributed by atoms with Gasteiger partial charge in [0, 0.05) is 18.7 Å². The number of carbonyl (C=O) groups is 2. The van der Waals surface area contributed by atoms with Gasteiger partial charge in [-0.3, -0.25) is 9.59 Å². The number of hydrogen-bond donors (Lipinski definition) is 3. The summed E-state index contributed by atoms with van der Waals surface area (Å²) < 4.78 is 6.12. The van der Waals surface area contributed by atoms with Crippen molar-refractivity contribution in [3.05, 3.63) is 47.0 Å². The van der Waals surface area contributed by atoms with Crippen molar-refractivity contribution in [2.45, 2.75) is 52.1 Å². The van der Waals surface area contributed by atoms with E-state index in [0.29, 0.717) is 41.0 Å². The van der Waals surface area contributed by atoms with Gasteiger partial charge in [0.05, 0.1) is 21.6 Å². The molecule has 2 aromatic heterocycles. The second-order valence-corrected chi connectivity index (χ2v) is 11.3. The molecule has 0 atom stereocenters. The standard InChI is InChI=1S/C29H33ClN4O5/c1-29(2,27(37)38)20-7-9-21(10-8-20)39-28-31-23-15-22(30)25(32-26(23)33-28)19-5-3-17(4-6-19)18-11-13-34(14-12-18)24(36)16-35/h3-6,11,15,20-21,35H,7-10,12-14,16H2,1-2H3,(H,37,38)(H,31,32,33)/t20-,21-. The number of carboxylic acids is 1. The van der Waals surface area contributed by atoms with Gasteiger partial charge in [-0.15, -0.1) is 0 Å². The van der Waals surface area contributed by atoms with Crippen molar-refractivity contribution < 1.29 is 24.5 Å². The quantitative estimate of drug-likeness (QED) is 0.379. The highest BCUT2D eigenvalue weighted by Gasteiger charge is 2.39. The summed E-state index contributed by atoms with van der Waals surface area (Å²) in [6, 6.07) is 10.2. The molecule has 1 amide bonds. The number of nitrogens with one attached hydrogen (secondary N) is 1. The number of aromatic amines is 1. The van der Waals surface area contributed by atoms with Crippen LogP contribution >= 0.6 is 11.6 Å². The molecule has 0 saturated heterocycles. The van der Waals surface area contributed by atoms with Crippen molar-refractivity contribution >= 4 is 40.2 Å². The topological polar surface area (TPSA) is 129 Å². The monoisotopic (exact) mass is 552 g/mol. The molecule has 3 N–H and O–H groups in total. The number of aliphatic hydroxyl groups is 1. The number of pyridine rings is 1.